The summed E-state index contributed by atoms with van der Waals surface area (Å²) in [5, 5.41) is 39.8. The van der Waals surface area contributed by atoms with Gasteiger partial charge in [0.05, 0.1) is 50.4 Å². The van der Waals surface area contributed by atoms with Crippen LogP contribution < -0.4 is 10.6 Å². The summed E-state index contributed by atoms with van der Waals surface area (Å²) in [6.07, 6.45) is 4.37. The molecule has 5 heterocycles. The van der Waals surface area contributed by atoms with Crippen LogP contribution in [0.4, 0.5) is 0 Å². The lowest BCUT2D eigenvalue weighted by atomic mass is 10.1. The molecule has 0 saturated heterocycles. The van der Waals surface area contributed by atoms with Crippen LogP contribution in [0.15, 0.2) is 192 Å². The SMILES string of the molecule is C=CCNC(=O)c1ccc(Cl)s1.O/N=C(\Cl)c1ccc(Br)cc1.O/N=C/c1ccc(Br)cc1.O=C(Cl)c1ccc(Cl)s1.O=C(NCC1CC(c2ccc(Br)cc2)=NO1)c1ccc(Cl)s1.O=C(O)c1ccc(Cl)s1.O=Cc1ccc(Br)cc1. The number of nitrogens with zero attached hydrogens (tertiary/aromatic N) is 3. The van der Waals surface area contributed by atoms with Gasteiger partial charge in [0.15, 0.2) is 5.17 Å². The summed E-state index contributed by atoms with van der Waals surface area (Å²) in [5.74, 6) is -1.17. The highest BCUT2D eigenvalue weighted by atomic mass is 79.9. The molecule has 14 nitrogen and oxygen atoms in total. The van der Waals surface area contributed by atoms with Gasteiger partial charge in [-0.1, -0.05) is 192 Å². The Labute approximate surface area is 550 Å². The van der Waals surface area contributed by atoms with Crippen molar-refractivity contribution >= 4 is 225 Å². The number of carbonyl (C=O) groups is 5. The fourth-order valence-electron chi connectivity index (χ4n) is 5.42. The van der Waals surface area contributed by atoms with Gasteiger partial charge in [-0.25, -0.2) is 4.79 Å². The molecule has 5 N–H and O–H groups in total. The van der Waals surface area contributed by atoms with Crippen LogP contribution in [-0.4, -0.2) is 81.1 Å². The van der Waals surface area contributed by atoms with E-state index in [0.717, 1.165) is 52.4 Å². The number of carboxylic acids is 1. The number of benzene rings is 4. The third-order valence-electron chi connectivity index (χ3n) is 9.21. The molecule has 430 valence electrons. The van der Waals surface area contributed by atoms with Gasteiger partial charge in [0, 0.05) is 42.0 Å². The standard InChI is InChI=1S/C15H12BrClN2O2S.C8H8ClNOS.C7H5BrClNO.C7H6BrNO.C7H5BrO.C5H2Cl2OS.C5H3ClO2S/c16-10-3-1-9(2-4-10)12-7-11(21-19-12)8-18-15(20)13-5-6-14(17)22-13;1-2-5-10-8(11)6-3-4-7(9)12-6;8-6-3-1-5(2-4-6)7(9)10-11;8-7-3-1-6(2-4-7)5-9-10;8-7-3-1-6(5-9)2-4-7;2*6-4-2-1-3(9-4)5(7)8/h1-6,11H,7-8H2,(H,18,20);2-4H,1,5H2,(H,10,11);1-4,11H;1-5,10H;1-5H;1-2H;1-2H,(H,7,8)/b;;10-7-;9-5+;;;. The topological polar surface area (TPSA) is 216 Å². The second-order valence-electron chi connectivity index (χ2n) is 15.0. The van der Waals surface area contributed by atoms with Crippen LogP contribution in [0.25, 0.3) is 0 Å². The Hall–Kier alpha value is -4.76. The largest absolute Gasteiger partial charge is 0.477 e. The van der Waals surface area contributed by atoms with E-state index in [1.54, 1.807) is 72.8 Å². The Morgan fingerprint density at radius 2 is 1.02 bits per heavy atom. The molecule has 4 aromatic heterocycles. The molecule has 8 aromatic rings. The average molecular weight is 1560 g/mol. The molecule has 1 aliphatic rings. The summed E-state index contributed by atoms with van der Waals surface area (Å²) in [6.45, 7) is 4.39. The van der Waals surface area contributed by atoms with Crippen molar-refractivity contribution in [2.45, 2.75) is 12.5 Å². The van der Waals surface area contributed by atoms with Gasteiger partial charge in [-0.05, 0) is 120 Å². The fourth-order valence-corrected chi connectivity index (χ4v) is 10.5. The van der Waals surface area contributed by atoms with Crippen molar-refractivity contribution < 1.29 is 44.3 Å². The molecule has 28 heteroatoms. The molecular weight excluding hydrogens is 1520 g/mol. The van der Waals surface area contributed by atoms with Crippen LogP contribution in [0.3, 0.4) is 0 Å². The zero-order chi connectivity index (χ0) is 60.6. The van der Waals surface area contributed by atoms with Gasteiger partial charge in [-0.2, -0.15) is 0 Å². The molecule has 0 bridgehead atoms. The number of aromatic carboxylic acids is 1. The van der Waals surface area contributed by atoms with Gasteiger partial charge >= 0.3 is 5.97 Å². The first-order chi connectivity index (χ1) is 39.1. The molecule has 4 aromatic carbocycles. The third-order valence-corrected chi connectivity index (χ3v) is 16.8. The minimum absolute atomic E-state index is 0.0949. The third kappa shape index (κ3) is 28.7. The smallest absolute Gasteiger partial charge is 0.345 e. The summed E-state index contributed by atoms with van der Waals surface area (Å²) in [4.78, 5) is 61.2. The number of halogens is 10. The second-order valence-corrected chi connectivity index (χ2v) is 26.3. The summed E-state index contributed by atoms with van der Waals surface area (Å²) in [7, 11) is 0. The lowest BCUT2D eigenvalue weighted by Gasteiger charge is -2.09. The Morgan fingerprint density at radius 3 is 1.39 bits per heavy atom. The molecule has 0 spiro atoms. The molecule has 0 aliphatic carbocycles. The maximum atomic E-state index is 11.9. The van der Waals surface area contributed by atoms with Crippen molar-refractivity contribution in [2.75, 3.05) is 13.1 Å². The number of aldehydes is 1. The van der Waals surface area contributed by atoms with Gasteiger partial charge in [0.2, 0.25) is 0 Å². The quantitative estimate of drug-likeness (QED) is 0.0196. The maximum Gasteiger partial charge on any atom is 0.345 e. The monoisotopic (exact) mass is 1560 g/mol. The van der Waals surface area contributed by atoms with E-state index in [1.165, 1.54) is 46.3 Å². The number of amides is 2. The van der Waals surface area contributed by atoms with Crippen molar-refractivity contribution in [1.82, 2.24) is 10.6 Å². The van der Waals surface area contributed by atoms with Gasteiger partial charge in [0.1, 0.15) is 17.3 Å². The molecule has 1 aliphatic heterocycles. The Bertz CT molecular complexity index is 3350. The molecule has 0 saturated carbocycles. The van der Waals surface area contributed by atoms with Gasteiger partial charge in [0.25, 0.3) is 17.1 Å². The fraction of sp³-hybridized carbons (Fsp3) is 0.0741. The van der Waals surface area contributed by atoms with E-state index < -0.39 is 11.2 Å². The number of nitrogens with one attached hydrogen (secondary N) is 2. The zero-order valence-corrected chi connectivity index (χ0v) is 55.7. The van der Waals surface area contributed by atoms with Crippen molar-refractivity contribution in [3.05, 3.63) is 235 Å². The van der Waals surface area contributed by atoms with Crippen molar-refractivity contribution in [1.29, 1.82) is 0 Å². The van der Waals surface area contributed by atoms with Gasteiger partial charge < -0.3 is 31.0 Å². The number of rotatable bonds is 12. The van der Waals surface area contributed by atoms with E-state index in [1.807, 2.05) is 72.8 Å². The van der Waals surface area contributed by atoms with E-state index >= 15 is 0 Å². The summed E-state index contributed by atoms with van der Waals surface area (Å²) in [5.41, 5.74) is 4.20. The number of hydrogen-bond acceptors (Lipinski definition) is 15. The van der Waals surface area contributed by atoms with Crippen molar-refractivity contribution in [3.63, 3.8) is 0 Å². The Balaban J connectivity index is 0.000000259. The molecular formula is C54H41Br4Cl6N5O9S4. The predicted octanol–water partition coefficient (Wildman–Crippen LogP) is 18.6. The van der Waals surface area contributed by atoms with Crippen LogP contribution in [-0.2, 0) is 4.84 Å². The number of hydrogen-bond donors (Lipinski definition) is 5. The summed E-state index contributed by atoms with van der Waals surface area (Å²) in [6, 6.07) is 42.8. The van der Waals surface area contributed by atoms with Gasteiger partial charge in [-0.3, -0.25) is 19.2 Å². The number of carboxylic acid groups (broad SMARTS) is 1. The zero-order valence-electron chi connectivity index (χ0n) is 41.5. The number of carbonyl (C=O) groups excluding carboxylic acids is 4. The van der Waals surface area contributed by atoms with Gasteiger partial charge in [-0.15, -0.1) is 51.9 Å². The maximum absolute atomic E-state index is 11.9. The van der Waals surface area contributed by atoms with Crippen LogP contribution >= 0.6 is 179 Å². The van der Waals surface area contributed by atoms with Crippen molar-refractivity contribution in [3.8, 4) is 0 Å². The minimum atomic E-state index is -0.924. The minimum Gasteiger partial charge on any atom is -0.477 e. The highest BCUT2D eigenvalue weighted by Crippen LogP contribution is 2.25. The lowest BCUT2D eigenvalue weighted by Crippen LogP contribution is -2.31. The molecule has 2 amide bonds. The molecule has 1 unspecified atom stereocenters. The molecule has 82 heavy (non-hydrogen) atoms. The summed E-state index contributed by atoms with van der Waals surface area (Å²) >= 11 is 51.1. The van der Waals surface area contributed by atoms with Crippen LogP contribution in [0, 0.1) is 0 Å². The van der Waals surface area contributed by atoms with Crippen LogP contribution in [0.1, 0.15) is 72.2 Å². The second kappa shape index (κ2) is 39.7. The Morgan fingerprint density at radius 1 is 0.610 bits per heavy atom. The highest BCUT2D eigenvalue weighted by Gasteiger charge is 2.23. The summed E-state index contributed by atoms with van der Waals surface area (Å²) < 4.78 is 6.31. The molecule has 0 fully saturated rings. The average Bonchev–Trinajstić information content (AvgIpc) is 4.37. The van der Waals surface area contributed by atoms with Crippen LogP contribution in [0.2, 0.25) is 17.3 Å². The highest BCUT2D eigenvalue weighted by molar-refractivity contribution is 9.11. The molecule has 9 rings (SSSR count). The van der Waals surface area contributed by atoms with E-state index in [0.29, 0.717) is 62.6 Å². The number of thiophene rings is 4. The molecule has 0 radical (unpaired) electrons. The normalized spacial score (nSPS) is 11.9. The first-order valence-corrected chi connectivity index (χ1v) is 31.2. The van der Waals surface area contributed by atoms with Crippen LogP contribution in [0.5, 0.6) is 0 Å². The predicted molar refractivity (Wildman–Crippen MR) is 351 cm³/mol. The molecule has 1 atom stereocenters. The van der Waals surface area contributed by atoms with E-state index in [2.05, 4.69) is 96.4 Å². The first-order valence-electron chi connectivity index (χ1n) is 22.5. The Kier molecular flexibility index (Phi) is 34.6. The van der Waals surface area contributed by atoms with Crippen molar-refractivity contribution in [2.24, 2.45) is 15.5 Å². The van der Waals surface area contributed by atoms with E-state index in [4.69, 9.17) is 90.0 Å². The van der Waals surface area contributed by atoms with E-state index in [9.17, 15) is 24.0 Å². The number of oxime groups is 3. The lowest BCUT2D eigenvalue weighted by molar-refractivity contribution is 0.0701. The first kappa shape index (κ1) is 71.5. The van der Waals surface area contributed by atoms with E-state index in [-0.39, 0.29) is 28.0 Å².